The molecule has 6 aliphatic rings. The molecule has 3 saturated heterocycles. The highest BCUT2D eigenvalue weighted by Crippen LogP contribution is 2.48. The molecule has 0 saturated carbocycles. The molecule has 9 unspecified atom stereocenters. The summed E-state index contributed by atoms with van der Waals surface area (Å²) in [7, 11) is -1.49. The summed E-state index contributed by atoms with van der Waals surface area (Å²) in [5, 5.41) is 0. The lowest BCUT2D eigenvalue weighted by Crippen LogP contribution is -2.51. The minimum absolute atomic E-state index is 0.0413. The maximum atomic E-state index is 13.7. The van der Waals surface area contributed by atoms with Gasteiger partial charge in [0.1, 0.15) is 36.3 Å². The van der Waals surface area contributed by atoms with Crippen LogP contribution in [0.5, 0.6) is 34.5 Å². The Labute approximate surface area is 611 Å². The van der Waals surface area contributed by atoms with Crippen molar-refractivity contribution >= 4 is 17.9 Å². The Morgan fingerprint density at radius 2 is 0.889 bits per heavy atom. The summed E-state index contributed by atoms with van der Waals surface area (Å²) in [5.74, 6) is -31.8. The monoisotopic (exact) mass is 1310 g/mol. The van der Waals surface area contributed by atoms with E-state index in [0.717, 1.165) is 36.2 Å². The van der Waals surface area contributed by atoms with Crippen molar-refractivity contribution in [3.8, 4) is 34.5 Å². The number of nitrogens with two attached hydrogens (primary N) is 3. The molecule has 90 heavy (non-hydrogen) atoms. The standard InChI is InChI=1S/3C24H38N2O4/c3*1-14(2)9-17-13-26-8-7-16-10-21(28-5)22(29-6)11-18(16)19(26)12-20(17)30-24(27)23(25)15(3)4/h3*10-11,14-15,17,19-20,23H,7-9,12-13,25H2,1-6H3/t3*17?,19?,20?,23-/m000/s1/i3D3,4D3,5D3,12D2,13D2,15D,17D,19D,20D,23D;3D3,4D3,5D3,10D,11D,12D2,13D2,15D,17D,23D;3D3,4D3,10D,11D,12D2,13D2,15D,17D,23D. The van der Waals surface area contributed by atoms with Crippen LogP contribution in [-0.4, -0.2) is 151 Å². The molecule has 3 aromatic rings. The number of hydrogen-bond acceptors (Lipinski definition) is 18. The lowest BCUT2D eigenvalue weighted by atomic mass is 9.79. The first-order valence-electron chi connectivity index (χ1n) is 53.9. The number of esters is 3. The fourth-order valence-corrected chi connectivity index (χ4v) is 10.2. The van der Waals surface area contributed by atoms with Crippen molar-refractivity contribution in [1.82, 2.24) is 14.7 Å². The Balaban J connectivity index is 0.000000288. The summed E-state index contributed by atoms with van der Waals surface area (Å²) >= 11 is 0. The predicted octanol–water partition coefficient (Wildman–Crippen LogP) is 10.7. The van der Waals surface area contributed by atoms with Crippen molar-refractivity contribution < 1.29 is 127 Å². The van der Waals surface area contributed by atoms with Crippen LogP contribution in [-0.2, 0) is 47.9 Å². The van der Waals surface area contributed by atoms with Gasteiger partial charge in [0.05, 0.1) is 63.1 Å². The molecule has 0 spiro atoms. The molecule has 0 aliphatic carbocycles. The number of ether oxygens (including phenoxy) is 9. The number of hydrogen-bond donors (Lipinski definition) is 3. The molecule has 0 radical (unpaired) electrons. The Kier molecular flexibility index (Phi) is 10.6. The van der Waals surface area contributed by atoms with Gasteiger partial charge in [-0.15, -0.1) is 0 Å². The third-order valence-electron chi connectivity index (χ3n) is 14.4. The first-order chi connectivity index (χ1) is 62.5. The number of nitrogens with zero attached hydrogens (tertiary/aromatic N) is 3. The van der Waals surface area contributed by atoms with Gasteiger partial charge in [0.25, 0.3) is 0 Å². The molecule has 0 bridgehead atoms. The molecule has 12 atom stereocenters. The van der Waals surface area contributed by atoms with Crippen molar-refractivity contribution in [2.75, 3.05) is 81.6 Å². The zero-order valence-electron chi connectivity index (χ0n) is 103. The topological polar surface area (TPSA) is 222 Å². The molecule has 504 valence electrons. The molecule has 6 N–H and O–H groups in total. The Bertz CT molecular complexity index is 5130. The number of methoxy groups -OCH3 is 6. The van der Waals surface area contributed by atoms with Gasteiger partial charge in [-0.1, -0.05) is 82.7 Å². The van der Waals surface area contributed by atoms with Gasteiger partial charge in [0, 0.05) is 143 Å². The molecule has 0 aromatic heterocycles. The van der Waals surface area contributed by atoms with Gasteiger partial charge in [-0.2, -0.15) is 0 Å². The van der Waals surface area contributed by atoms with Crippen molar-refractivity contribution in [3.05, 3.63) is 69.7 Å². The van der Waals surface area contributed by atoms with E-state index < -0.39 is 280 Å². The van der Waals surface area contributed by atoms with Crippen LogP contribution in [0.1, 0.15) is 242 Å². The van der Waals surface area contributed by atoms with Crippen LogP contribution in [0.4, 0.5) is 0 Å². The van der Waals surface area contributed by atoms with E-state index in [1.165, 1.54) is 28.1 Å². The fourth-order valence-electron chi connectivity index (χ4n) is 10.2. The van der Waals surface area contributed by atoms with E-state index in [0.29, 0.717) is 4.90 Å². The molecule has 0 amide bonds. The third kappa shape index (κ3) is 17.5. The maximum absolute atomic E-state index is 13.7. The SMILES string of the molecule is [2H]C([2H])([2H])Oc1cc2c(cc1OC)C1([2H])N(CC2)C([2H])([2H])C([2H])(CC(C)C)C([2H])(OC(=O)[C@@]([2H])(N)C([2H])(C([2H])([2H])[2H])C([2H])([2H])[2H])C1([2H])[2H].[2H]c1c2c(c([2H])c(OC)c1OC([2H])([2H])[2H])C1N(CC2)C([2H])([2H])C([2H])(CC(C)C)C(OC(=O)[C@@]([2H])(N)C([2H])(C([2H])([2H])[2H])C([2H])([2H])[2H])C1([2H])[2H].[2H]c1c2c(c([2H])c(OC)c1OC)C1N(CC2)C([2H])([2H])C([2H])(CC(C)C)C(OC(=O)[C@@]([2H])(N)C([2H])(C([2H])([2H])[2H])C([2H])([2H])[2H])C1([2H])[2H]. The van der Waals surface area contributed by atoms with Gasteiger partial charge in [-0.3, -0.25) is 29.1 Å². The van der Waals surface area contributed by atoms with E-state index in [1.807, 2.05) is 0 Å². The number of piperidine rings is 3. The molecular formula is C72H114N6O12. The normalized spacial score (nSPS) is 43.2. The average molecular weight is 1310 g/mol. The summed E-state index contributed by atoms with van der Waals surface area (Å²) in [5.41, 5.74) is 16.1. The van der Waals surface area contributed by atoms with Crippen molar-refractivity contribution in [1.29, 1.82) is 0 Å². The van der Waals surface area contributed by atoms with Crippen molar-refractivity contribution in [3.63, 3.8) is 0 Å². The summed E-state index contributed by atoms with van der Waals surface area (Å²) in [6, 6.07) is -18.7. The Morgan fingerprint density at radius 3 is 1.32 bits per heavy atom. The smallest absolute Gasteiger partial charge is 0.323 e. The highest BCUT2D eigenvalue weighted by molar-refractivity contribution is 5.77. The fraction of sp³-hybridized carbons (Fsp3) is 0.708. The van der Waals surface area contributed by atoms with E-state index in [9.17, 15) is 29.5 Å². The van der Waals surface area contributed by atoms with Crippen LogP contribution in [0.2, 0.25) is 0 Å². The molecule has 18 nitrogen and oxygen atoms in total. The second-order valence-electron chi connectivity index (χ2n) is 22.3. The van der Waals surface area contributed by atoms with E-state index in [2.05, 4.69) is 0 Å². The van der Waals surface area contributed by atoms with E-state index in [1.54, 1.807) is 27.7 Å². The maximum Gasteiger partial charge on any atom is 0.323 e. The molecule has 6 heterocycles. The number of rotatable bonds is 21. The van der Waals surface area contributed by atoms with Gasteiger partial charge < -0.3 is 59.8 Å². The van der Waals surface area contributed by atoms with E-state index in [4.69, 9.17) is 115 Å². The largest absolute Gasteiger partial charge is 0.493 e. The second-order valence-corrected chi connectivity index (χ2v) is 22.3. The summed E-state index contributed by atoms with van der Waals surface area (Å²) < 4.78 is 473. The second kappa shape index (κ2) is 32.5. The molecule has 6 aliphatic heterocycles. The molecule has 3 aromatic carbocycles. The summed E-state index contributed by atoms with van der Waals surface area (Å²) in [6.07, 6.45) is -21.0. The Morgan fingerprint density at radius 1 is 0.511 bits per heavy atom. The predicted molar refractivity (Wildman–Crippen MR) is 353 cm³/mol. The number of benzene rings is 3. The minimum atomic E-state index is -4.14. The molecule has 3 fully saturated rings. The van der Waals surface area contributed by atoms with Crippen LogP contribution in [0.3, 0.4) is 0 Å². The van der Waals surface area contributed by atoms with Gasteiger partial charge in [-0.05, 0) is 144 Å². The highest BCUT2D eigenvalue weighted by Gasteiger charge is 2.45. The highest BCUT2D eigenvalue weighted by atomic mass is 16.6. The quantitative estimate of drug-likeness (QED) is 0.0666. The molecular weight excluding hydrogens is 1140 g/mol. The summed E-state index contributed by atoms with van der Waals surface area (Å²) in [4.78, 5) is 43.6. The summed E-state index contributed by atoms with van der Waals surface area (Å²) in [6.45, 7) is -24.4. The first kappa shape index (κ1) is 29.5. The van der Waals surface area contributed by atoms with E-state index >= 15 is 0 Å². The zero-order valence-corrected chi connectivity index (χ0v) is 51.5. The Hall–Kier alpha value is -5.37. The molecule has 9 rings (SSSR count). The lowest BCUT2D eigenvalue weighted by molar-refractivity contribution is -0.161. The molecule has 18 heteroatoms. The van der Waals surface area contributed by atoms with E-state index in [-0.39, 0.29) is 89.2 Å². The minimum Gasteiger partial charge on any atom is -0.493 e. The number of fused-ring (bicyclic) bond motifs is 9. The zero-order chi connectivity index (χ0) is 110. The van der Waals surface area contributed by atoms with Crippen molar-refractivity contribution in [2.45, 2.75) is 195 Å². The lowest BCUT2D eigenvalue weighted by Gasteiger charge is -2.47. The van der Waals surface area contributed by atoms with Gasteiger partial charge in [-0.25, -0.2) is 0 Å². The van der Waals surface area contributed by atoms with Gasteiger partial charge in [0.15, 0.2) is 34.5 Å². The first-order valence-corrected chi connectivity index (χ1v) is 28.4. The number of carbonyl (C=O) groups is 3. The van der Waals surface area contributed by atoms with Gasteiger partial charge in [0.2, 0.25) is 0 Å². The van der Waals surface area contributed by atoms with Crippen LogP contribution >= 0.6 is 0 Å². The van der Waals surface area contributed by atoms with Crippen LogP contribution in [0, 0.1) is 53.1 Å². The van der Waals surface area contributed by atoms with Crippen LogP contribution in [0.25, 0.3) is 0 Å². The van der Waals surface area contributed by atoms with Gasteiger partial charge >= 0.3 is 17.9 Å². The van der Waals surface area contributed by atoms with Crippen LogP contribution < -0.4 is 45.6 Å². The van der Waals surface area contributed by atoms with Crippen molar-refractivity contribution in [2.24, 2.45) is 70.3 Å². The third-order valence-corrected chi connectivity index (χ3v) is 14.4. The average Bonchev–Trinajstić information content (AvgIpc) is 0.628. The van der Waals surface area contributed by atoms with Crippen LogP contribution in [0.15, 0.2) is 36.3 Å². The number of carbonyl (C=O) groups excluding carboxylic acids is 3.